The van der Waals surface area contributed by atoms with Crippen LogP contribution >= 0.6 is 0 Å². The van der Waals surface area contributed by atoms with Gasteiger partial charge < -0.3 is 4.74 Å². The molecule has 0 unspecified atom stereocenters. The Morgan fingerprint density at radius 3 is 1.97 bits per heavy atom. The number of aryl methyl sites for hydroxylation is 2. The third-order valence-corrected chi connectivity index (χ3v) is 7.44. The van der Waals surface area contributed by atoms with E-state index in [9.17, 15) is 0 Å². The van der Waals surface area contributed by atoms with Crippen molar-refractivity contribution in [2.24, 2.45) is 0 Å². The minimum atomic E-state index is -3.60. The standard InChI is InChI=1S/C33H39F3O/c1-3-5-7-8-9-10-12-13-24-15-17-25(18-16-24)27-20-21-28-29-22-19-26(14-11-6-4-2)31(34)32(29)37-33(35,36)30(28)23-27/h15-23H,3-14H2,1-2H3. The molecule has 0 spiro atoms. The van der Waals surface area contributed by atoms with E-state index in [1.54, 1.807) is 18.2 Å². The molecule has 3 aromatic carbocycles. The van der Waals surface area contributed by atoms with Gasteiger partial charge in [0.1, 0.15) is 0 Å². The van der Waals surface area contributed by atoms with Crippen LogP contribution in [-0.2, 0) is 19.0 Å². The van der Waals surface area contributed by atoms with Gasteiger partial charge in [0.2, 0.25) is 0 Å². The third-order valence-electron chi connectivity index (χ3n) is 7.44. The zero-order valence-corrected chi connectivity index (χ0v) is 22.2. The van der Waals surface area contributed by atoms with Crippen LogP contribution in [0.15, 0.2) is 54.6 Å². The van der Waals surface area contributed by atoms with Crippen molar-refractivity contribution in [3.8, 4) is 28.0 Å². The van der Waals surface area contributed by atoms with Crippen LogP contribution in [0.5, 0.6) is 5.75 Å². The molecular formula is C33H39F3O. The molecule has 37 heavy (non-hydrogen) atoms. The average Bonchev–Trinajstić information content (AvgIpc) is 2.90. The highest BCUT2D eigenvalue weighted by molar-refractivity contribution is 5.80. The Balaban J connectivity index is 1.48. The molecule has 0 fully saturated rings. The van der Waals surface area contributed by atoms with Gasteiger partial charge in [-0.25, -0.2) is 4.39 Å². The highest BCUT2D eigenvalue weighted by Crippen LogP contribution is 2.49. The van der Waals surface area contributed by atoms with Crippen LogP contribution in [-0.4, -0.2) is 0 Å². The Labute approximate surface area is 220 Å². The topological polar surface area (TPSA) is 9.23 Å². The fourth-order valence-electron chi connectivity index (χ4n) is 5.20. The number of fused-ring (bicyclic) bond motifs is 3. The lowest BCUT2D eigenvalue weighted by Gasteiger charge is -2.29. The number of hydrogen-bond donors (Lipinski definition) is 0. The summed E-state index contributed by atoms with van der Waals surface area (Å²) in [6.45, 7) is 4.31. The van der Waals surface area contributed by atoms with Crippen molar-refractivity contribution in [3.63, 3.8) is 0 Å². The van der Waals surface area contributed by atoms with Crippen molar-refractivity contribution in [2.75, 3.05) is 0 Å². The largest absolute Gasteiger partial charge is 0.427 e. The fourth-order valence-corrected chi connectivity index (χ4v) is 5.20. The first-order chi connectivity index (χ1) is 17.9. The van der Waals surface area contributed by atoms with E-state index >= 15 is 13.2 Å². The Morgan fingerprint density at radius 2 is 1.24 bits per heavy atom. The summed E-state index contributed by atoms with van der Waals surface area (Å²) in [5.41, 5.74) is 3.76. The molecule has 0 bridgehead atoms. The number of rotatable bonds is 13. The number of unbranched alkanes of at least 4 members (excludes halogenated alkanes) is 8. The van der Waals surface area contributed by atoms with Gasteiger partial charge in [-0.2, -0.15) is 8.78 Å². The predicted octanol–water partition coefficient (Wildman–Crippen LogP) is 10.6. The lowest BCUT2D eigenvalue weighted by atomic mass is 9.90. The number of alkyl halides is 2. The molecule has 0 saturated heterocycles. The molecule has 0 aromatic heterocycles. The first-order valence-corrected chi connectivity index (χ1v) is 14.1. The molecule has 0 amide bonds. The molecule has 0 saturated carbocycles. The van der Waals surface area contributed by atoms with Gasteiger partial charge in [-0.1, -0.05) is 114 Å². The molecule has 1 nitrogen and oxygen atoms in total. The molecule has 4 rings (SSSR count). The second-order valence-electron chi connectivity index (χ2n) is 10.3. The van der Waals surface area contributed by atoms with Gasteiger partial charge in [-0.05, 0) is 59.6 Å². The first kappa shape index (κ1) is 27.3. The zero-order valence-electron chi connectivity index (χ0n) is 22.2. The minimum absolute atomic E-state index is 0.220. The summed E-state index contributed by atoms with van der Waals surface area (Å²) in [4.78, 5) is 0. The lowest BCUT2D eigenvalue weighted by Crippen LogP contribution is -2.27. The van der Waals surface area contributed by atoms with Gasteiger partial charge in [0, 0.05) is 5.56 Å². The van der Waals surface area contributed by atoms with E-state index in [1.165, 1.54) is 56.6 Å². The predicted molar refractivity (Wildman–Crippen MR) is 147 cm³/mol. The number of halogens is 3. The van der Waals surface area contributed by atoms with Crippen molar-refractivity contribution in [3.05, 3.63) is 77.1 Å². The van der Waals surface area contributed by atoms with Crippen LogP contribution in [0, 0.1) is 5.82 Å². The summed E-state index contributed by atoms with van der Waals surface area (Å²) in [7, 11) is 0. The van der Waals surface area contributed by atoms with E-state index in [-0.39, 0.29) is 11.3 Å². The SMILES string of the molecule is CCCCCCCCCc1ccc(-c2ccc3c(c2)C(F)(F)Oc2c-3ccc(CCCCC)c2F)cc1. The van der Waals surface area contributed by atoms with E-state index in [2.05, 4.69) is 26.0 Å². The van der Waals surface area contributed by atoms with Crippen molar-refractivity contribution in [1.82, 2.24) is 0 Å². The fraction of sp³-hybridized carbons (Fsp3) is 0.455. The highest BCUT2D eigenvalue weighted by atomic mass is 19.3. The molecule has 1 aliphatic heterocycles. The maximum atomic E-state index is 15.1. The van der Waals surface area contributed by atoms with E-state index in [1.807, 2.05) is 18.2 Å². The van der Waals surface area contributed by atoms with Crippen molar-refractivity contribution < 1.29 is 17.9 Å². The summed E-state index contributed by atoms with van der Waals surface area (Å²) in [5, 5.41) is 0. The number of benzene rings is 3. The average molecular weight is 509 g/mol. The summed E-state index contributed by atoms with van der Waals surface area (Å²) in [5.74, 6) is -1.01. The van der Waals surface area contributed by atoms with E-state index in [0.717, 1.165) is 31.2 Å². The van der Waals surface area contributed by atoms with Gasteiger partial charge in [0.25, 0.3) is 0 Å². The van der Waals surface area contributed by atoms with E-state index in [0.29, 0.717) is 28.7 Å². The second kappa shape index (κ2) is 12.7. The van der Waals surface area contributed by atoms with Crippen LogP contribution in [0.25, 0.3) is 22.3 Å². The third kappa shape index (κ3) is 6.58. The monoisotopic (exact) mass is 508 g/mol. The van der Waals surface area contributed by atoms with Crippen LogP contribution in [0.4, 0.5) is 13.2 Å². The van der Waals surface area contributed by atoms with Crippen LogP contribution in [0.2, 0.25) is 0 Å². The van der Waals surface area contributed by atoms with E-state index < -0.39 is 11.9 Å². The molecule has 0 aliphatic carbocycles. The summed E-state index contributed by atoms with van der Waals surface area (Å²) < 4.78 is 50.4. The van der Waals surface area contributed by atoms with Gasteiger partial charge >= 0.3 is 6.11 Å². The van der Waals surface area contributed by atoms with Crippen LogP contribution < -0.4 is 4.74 Å². The molecular weight excluding hydrogens is 469 g/mol. The molecule has 1 aliphatic rings. The van der Waals surface area contributed by atoms with Crippen molar-refractivity contribution in [1.29, 1.82) is 0 Å². The van der Waals surface area contributed by atoms with Crippen LogP contribution in [0.3, 0.4) is 0 Å². The molecule has 0 radical (unpaired) electrons. The molecule has 3 aromatic rings. The zero-order chi connectivity index (χ0) is 26.3. The molecule has 1 heterocycles. The normalized spacial score (nSPS) is 13.6. The molecule has 0 atom stereocenters. The summed E-state index contributed by atoms with van der Waals surface area (Å²) >= 11 is 0. The quantitative estimate of drug-likeness (QED) is 0.209. The Hall–Kier alpha value is -2.75. The van der Waals surface area contributed by atoms with Crippen molar-refractivity contribution >= 4 is 0 Å². The Morgan fingerprint density at radius 1 is 0.649 bits per heavy atom. The van der Waals surface area contributed by atoms with Gasteiger partial charge in [-0.15, -0.1) is 0 Å². The lowest BCUT2D eigenvalue weighted by molar-refractivity contribution is -0.188. The van der Waals surface area contributed by atoms with Gasteiger partial charge in [0.05, 0.1) is 5.56 Å². The maximum absolute atomic E-state index is 15.1. The number of hydrogen-bond acceptors (Lipinski definition) is 1. The molecule has 0 N–H and O–H groups in total. The van der Waals surface area contributed by atoms with Crippen molar-refractivity contribution in [2.45, 2.75) is 97.0 Å². The first-order valence-electron chi connectivity index (χ1n) is 14.1. The van der Waals surface area contributed by atoms with Crippen LogP contribution in [0.1, 0.15) is 94.7 Å². The summed E-state index contributed by atoms with van der Waals surface area (Å²) in [6.07, 6.45) is 9.70. The second-order valence-corrected chi connectivity index (χ2v) is 10.3. The minimum Gasteiger partial charge on any atom is -0.425 e. The maximum Gasteiger partial charge on any atom is 0.427 e. The summed E-state index contributed by atoms with van der Waals surface area (Å²) in [6, 6.07) is 16.6. The molecule has 198 valence electrons. The number of ether oxygens (including phenoxy) is 1. The molecule has 4 heteroatoms. The Bertz CT molecular complexity index is 1170. The van der Waals surface area contributed by atoms with Gasteiger partial charge in [0.15, 0.2) is 11.6 Å². The van der Waals surface area contributed by atoms with Gasteiger partial charge in [-0.3, -0.25) is 0 Å². The Kier molecular flexibility index (Phi) is 9.34. The smallest absolute Gasteiger partial charge is 0.425 e. The van der Waals surface area contributed by atoms with E-state index in [4.69, 9.17) is 4.74 Å². The highest BCUT2D eigenvalue weighted by Gasteiger charge is 2.43.